The van der Waals surface area contributed by atoms with E-state index in [1.165, 1.54) is 20.4 Å². The third kappa shape index (κ3) is 3.32. The molecule has 160 valence electrons. The molecule has 1 aromatic carbocycles. The van der Waals surface area contributed by atoms with Gasteiger partial charge < -0.3 is 0 Å². The Balaban J connectivity index is 1.75. The van der Waals surface area contributed by atoms with Gasteiger partial charge in [0.15, 0.2) is 17.3 Å². The van der Waals surface area contributed by atoms with Crippen molar-refractivity contribution in [3.8, 4) is 11.4 Å². The molecular weight excluding hydrogens is 446 g/mol. The highest BCUT2D eigenvalue weighted by molar-refractivity contribution is 7.19. The van der Waals surface area contributed by atoms with Crippen LogP contribution >= 0.6 is 22.9 Å². The lowest BCUT2D eigenvalue weighted by Gasteiger charge is -2.08. The van der Waals surface area contributed by atoms with Crippen LogP contribution in [0.3, 0.4) is 0 Å². The Morgan fingerprint density at radius 1 is 1.12 bits per heavy atom. The van der Waals surface area contributed by atoms with Gasteiger partial charge in [0.25, 0.3) is 0 Å². The normalized spacial score (nSPS) is 11.5. The molecule has 7 nitrogen and oxygen atoms in total. The summed E-state index contributed by atoms with van der Waals surface area (Å²) in [7, 11) is 0. The van der Waals surface area contributed by atoms with Crippen LogP contribution in [0.2, 0.25) is 5.02 Å². The van der Waals surface area contributed by atoms with Gasteiger partial charge in [-0.2, -0.15) is 4.52 Å². The van der Waals surface area contributed by atoms with Gasteiger partial charge in [-0.25, -0.2) is 9.78 Å². The Kier molecular flexibility index (Phi) is 5.11. The van der Waals surface area contributed by atoms with Crippen molar-refractivity contribution in [2.24, 2.45) is 0 Å². The summed E-state index contributed by atoms with van der Waals surface area (Å²) in [5, 5.41) is 5.91. The molecule has 9 heteroatoms. The van der Waals surface area contributed by atoms with Crippen LogP contribution in [-0.2, 0) is 13.0 Å². The number of hydrogen-bond acceptors (Lipinski definition) is 6. The summed E-state index contributed by atoms with van der Waals surface area (Å²) in [5.41, 5.74) is 2.48. The summed E-state index contributed by atoms with van der Waals surface area (Å²) in [6.07, 6.45) is 4.10. The molecule has 5 rings (SSSR count). The number of carbonyl (C=O) groups excluding carboxylic acids is 1. The van der Waals surface area contributed by atoms with Crippen LogP contribution in [0, 0.1) is 6.92 Å². The molecule has 0 saturated heterocycles. The average molecular weight is 464 g/mol. The number of rotatable bonds is 5. The molecule has 4 aromatic heterocycles. The lowest BCUT2D eigenvalue weighted by molar-refractivity contribution is 0.0972. The highest BCUT2D eigenvalue weighted by atomic mass is 35.5. The van der Waals surface area contributed by atoms with Gasteiger partial charge in [0.1, 0.15) is 4.83 Å². The van der Waals surface area contributed by atoms with E-state index in [0.717, 1.165) is 32.6 Å². The largest absolute Gasteiger partial charge is 0.352 e. The van der Waals surface area contributed by atoms with E-state index >= 15 is 0 Å². The second kappa shape index (κ2) is 7.96. The molecule has 32 heavy (non-hydrogen) atoms. The third-order valence-corrected chi connectivity index (χ3v) is 6.86. The van der Waals surface area contributed by atoms with Gasteiger partial charge in [-0.05, 0) is 55.3 Å². The number of benzene rings is 1. The van der Waals surface area contributed by atoms with Crippen LogP contribution in [0.25, 0.3) is 27.3 Å². The zero-order valence-corrected chi connectivity index (χ0v) is 18.9. The number of halogens is 1. The first-order valence-electron chi connectivity index (χ1n) is 10.1. The van der Waals surface area contributed by atoms with Gasteiger partial charge in [-0.3, -0.25) is 14.3 Å². The minimum absolute atomic E-state index is 0.0968. The van der Waals surface area contributed by atoms with Crippen LogP contribution in [0.4, 0.5) is 0 Å². The molecule has 0 fully saturated rings. The Hall–Kier alpha value is -3.36. The number of carbonyl (C=O) groups is 1. The van der Waals surface area contributed by atoms with Crippen LogP contribution < -0.4 is 5.69 Å². The molecule has 0 amide bonds. The van der Waals surface area contributed by atoms with E-state index in [1.54, 1.807) is 48.8 Å². The van der Waals surface area contributed by atoms with E-state index in [-0.39, 0.29) is 12.3 Å². The maximum Gasteiger partial charge on any atom is 0.352 e. The number of aryl methyl sites for hydroxylation is 2. The van der Waals surface area contributed by atoms with Crippen molar-refractivity contribution < 1.29 is 4.79 Å². The van der Waals surface area contributed by atoms with Crippen LogP contribution in [0.5, 0.6) is 0 Å². The fourth-order valence-electron chi connectivity index (χ4n) is 3.85. The zero-order valence-electron chi connectivity index (χ0n) is 17.4. The number of Topliss-reactive ketones (excluding diaryl/α,β-unsaturated/α-hetero) is 1. The summed E-state index contributed by atoms with van der Waals surface area (Å²) in [4.78, 5) is 37.0. The number of fused-ring (bicyclic) bond motifs is 3. The van der Waals surface area contributed by atoms with Crippen molar-refractivity contribution in [2.45, 2.75) is 26.8 Å². The summed E-state index contributed by atoms with van der Waals surface area (Å²) >= 11 is 7.45. The Bertz CT molecular complexity index is 1530. The highest BCUT2D eigenvalue weighted by Gasteiger charge is 2.22. The molecular formula is C23H18ClN5O2S. The summed E-state index contributed by atoms with van der Waals surface area (Å²) in [6, 6.07) is 10.3. The molecule has 0 radical (unpaired) electrons. The monoisotopic (exact) mass is 463 g/mol. The first kappa shape index (κ1) is 20.5. The second-order valence-electron chi connectivity index (χ2n) is 7.38. The molecule has 4 heterocycles. The van der Waals surface area contributed by atoms with Gasteiger partial charge in [0, 0.05) is 33.4 Å². The predicted molar refractivity (Wildman–Crippen MR) is 126 cm³/mol. The van der Waals surface area contributed by atoms with Gasteiger partial charge in [-0.15, -0.1) is 16.4 Å². The molecule has 0 aliphatic carbocycles. The minimum Gasteiger partial charge on any atom is -0.292 e. The SMILES string of the molecule is CCc1c(C)sc2c1c1nc(-c3ccncc3)nn1c(=O)n2CC(=O)c1ccc(Cl)cc1. The second-order valence-corrected chi connectivity index (χ2v) is 9.02. The number of pyridine rings is 1. The number of ketones is 1. The number of aromatic nitrogens is 5. The lowest BCUT2D eigenvalue weighted by atomic mass is 10.1. The molecule has 0 spiro atoms. The number of nitrogens with zero attached hydrogens (tertiary/aromatic N) is 5. The van der Waals surface area contributed by atoms with E-state index < -0.39 is 5.69 Å². The Morgan fingerprint density at radius 3 is 2.53 bits per heavy atom. The molecule has 5 aromatic rings. The molecule has 0 bridgehead atoms. The highest BCUT2D eigenvalue weighted by Crippen LogP contribution is 2.33. The van der Waals surface area contributed by atoms with E-state index in [1.807, 2.05) is 6.92 Å². The molecule has 0 unspecified atom stereocenters. The van der Waals surface area contributed by atoms with Gasteiger partial charge in [0.05, 0.1) is 11.9 Å². The van der Waals surface area contributed by atoms with Crippen molar-refractivity contribution in [3.63, 3.8) is 0 Å². The summed E-state index contributed by atoms with van der Waals surface area (Å²) in [6.45, 7) is 4.00. The first-order valence-corrected chi connectivity index (χ1v) is 11.3. The maximum atomic E-state index is 13.5. The van der Waals surface area contributed by atoms with Crippen molar-refractivity contribution in [2.75, 3.05) is 0 Å². The fraction of sp³-hybridized carbons (Fsp3) is 0.174. The molecule has 0 atom stereocenters. The van der Waals surface area contributed by atoms with Crippen LogP contribution in [0.15, 0.2) is 53.6 Å². The average Bonchev–Trinajstić information content (AvgIpc) is 3.38. The number of hydrogen-bond donors (Lipinski definition) is 0. The fourth-order valence-corrected chi connectivity index (χ4v) is 5.21. The summed E-state index contributed by atoms with van der Waals surface area (Å²) < 4.78 is 2.81. The molecule has 0 N–H and O–H groups in total. The maximum absolute atomic E-state index is 13.5. The number of thiophene rings is 1. The zero-order chi connectivity index (χ0) is 22.4. The standard InChI is InChI=1S/C23H18ClN5O2S/c1-3-17-13(2)32-22-19(17)21-26-20(15-8-10-25-11-9-15)27-29(21)23(31)28(22)12-18(30)14-4-6-16(24)7-5-14/h4-11H,3,12H2,1-2H3. The van der Waals surface area contributed by atoms with E-state index in [0.29, 0.717) is 22.1 Å². The van der Waals surface area contributed by atoms with E-state index in [2.05, 4.69) is 17.0 Å². The Labute approximate surface area is 191 Å². The van der Waals surface area contributed by atoms with Gasteiger partial charge >= 0.3 is 5.69 Å². The smallest absolute Gasteiger partial charge is 0.292 e. The topological polar surface area (TPSA) is 82.2 Å². The lowest BCUT2D eigenvalue weighted by Crippen LogP contribution is -2.30. The molecule has 0 saturated carbocycles. The molecule has 0 aliphatic rings. The summed E-state index contributed by atoms with van der Waals surface area (Å²) in [5.74, 6) is 0.265. The van der Waals surface area contributed by atoms with Gasteiger partial charge in [0.2, 0.25) is 0 Å². The predicted octanol–water partition coefficient (Wildman–Crippen LogP) is 4.57. The van der Waals surface area contributed by atoms with Crippen molar-refractivity contribution in [1.29, 1.82) is 0 Å². The Morgan fingerprint density at radius 2 is 1.84 bits per heavy atom. The van der Waals surface area contributed by atoms with Crippen LogP contribution in [-0.4, -0.2) is 29.9 Å². The van der Waals surface area contributed by atoms with Crippen molar-refractivity contribution in [1.82, 2.24) is 24.1 Å². The third-order valence-electron chi connectivity index (χ3n) is 5.44. The van der Waals surface area contributed by atoms with Crippen molar-refractivity contribution in [3.05, 3.63) is 80.3 Å². The molecule has 0 aliphatic heterocycles. The van der Waals surface area contributed by atoms with Gasteiger partial charge in [-0.1, -0.05) is 18.5 Å². The van der Waals surface area contributed by atoms with E-state index in [4.69, 9.17) is 16.6 Å². The van der Waals surface area contributed by atoms with Crippen LogP contribution in [0.1, 0.15) is 27.7 Å². The minimum atomic E-state index is -0.397. The quantitative estimate of drug-likeness (QED) is 0.356. The van der Waals surface area contributed by atoms with E-state index in [9.17, 15) is 9.59 Å². The van der Waals surface area contributed by atoms with Crippen molar-refractivity contribution >= 4 is 44.6 Å². The first-order chi connectivity index (χ1) is 15.5.